The van der Waals surface area contributed by atoms with E-state index in [1.165, 1.54) is 0 Å². The van der Waals surface area contributed by atoms with Crippen LogP contribution in [0.2, 0.25) is 0 Å². The van der Waals surface area contributed by atoms with E-state index in [1.807, 2.05) is 6.92 Å². The predicted octanol–water partition coefficient (Wildman–Crippen LogP) is 0.768. The molecule has 2 unspecified atom stereocenters. The van der Waals surface area contributed by atoms with Gasteiger partial charge >= 0.3 is 0 Å². The van der Waals surface area contributed by atoms with Crippen molar-refractivity contribution in [2.24, 2.45) is 5.92 Å². The minimum Gasteiger partial charge on any atom is -0.343 e. The van der Waals surface area contributed by atoms with E-state index in [2.05, 4.69) is 19.2 Å². The fourth-order valence-corrected chi connectivity index (χ4v) is 1.97. The molecule has 0 radical (unpaired) electrons. The van der Waals surface area contributed by atoms with E-state index in [1.54, 1.807) is 11.8 Å². The number of carbonyl (C=O) groups excluding carboxylic acids is 2. The maximum absolute atomic E-state index is 11.8. The molecule has 2 atom stereocenters. The molecule has 1 fully saturated rings. The van der Waals surface area contributed by atoms with Gasteiger partial charge in [0.2, 0.25) is 11.8 Å². The van der Waals surface area contributed by atoms with Gasteiger partial charge in [0, 0.05) is 6.54 Å². The average Bonchev–Trinajstić information content (AvgIpc) is 2.14. The summed E-state index contributed by atoms with van der Waals surface area (Å²) in [6, 6.07) is -0.653. The zero-order chi connectivity index (χ0) is 11.6. The molecule has 1 heterocycles. The molecule has 0 bridgehead atoms. The minimum absolute atomic E-state index is 0.0161. The summed E-state index contributed by atoms with van der Waals surface area (Å²) in [5, 5.41) is 2.72. The zero-order valence-corrected chi connectivity index (χ0v) is 9.91. The lowest BCUT2D eigenvalue weighted by molar-refractivity contribution is -0.149. The number of carbonyl (C=O) groups is 2. The first kappa shape index (κ1) is 12.0. The Balaban J connectivity index is 2.82. The Morgan fingerprint density at radius 1 is 1.40 bits per heavy atom. The summed E-state index contributed by atoms with van der Waals surface area (Å²) in [7, 11) is 0. The third-order valence-corrected chi connectivity index (χ3v) is 2.73. The first-order valence-corrected chi connectivity index (χ1v) is 5.58. The minimum atomic E-state index is -0.374. The van der Waals surface area contributed by atoms with E-state index < -0.39 is 0 Å². The highest BCUT2D eigenvalue weighted by atomic mass is 16.2. The fraction of sp³-hybridized carbons (Fsp3) is 0.818. The van der Waals surface area contributed by atoms with Gasteiger partial charge in [0.25, 0.3) is 0 Å². The molecule has 0 aromatic carbocycles. The second kappa shape index (κ2) is 4.64. The number of hydrogen-bond acceptors (Lipinski definition) is 2. The van der Waals surface area contributed by atoms with E-state index in [-0.39, 0.29) is 23.9 Å². The number of nitrogens with zero attached hydrogens (tertiary/aromatic N) is 1. The third-order valence-electron chi connectivity index (χ3n) is 2.73. The number of nitrogens with one attached hydrogen (secondary N) is 1. The molecule has 1 saturated heterocycles. The SMILES string of the molecule is CCN1C(=O)C(C)NC(=O)C1CC(C)C. The van der Waals surface area contributed by atoms with Gasteiger partial charge < -0.3 is 10.2 Å². The third kappa shape index (κ3) is 2.49. The number of hydrogen-bond donors (Lipinski definition) is 1. The van der Waals surface area contributed by atoms with Crippen molar-refractivity contribution in [1.82, 2.24) is 10.2 Å². The summed E-state index contributed by atoms with van der Waals surface area (Å²) >= 11 is 0. The highest BCUT2D eigenvalue weighted by Gasteiger charge is 2.37. The van der Waals surface area contributed by atoms with Gasteiger partial charge in [0.05, 0.1) is 0 Å². The van der Waals surface area contributed by atoms with Crippen LogP contribution in [-0.2, 0) is 9.59 Å². The van der Waals surface area contributed by atoms with Crippen LogP contribution in [0.1, 0.15) is 34.1 Å². The Kier molecular flexibility index (Phi) is 3.72. The molecule has 0 saturated carbocycles. The summed E-state index contributed by atoms with van der Waals surface area (Å²) in [6.07, 6.45) is 0.734. The lowest BCUT2D eigenvalue weighted by atomic mass is 9.98. The molecular weight excluding hydrogens is 192 g/mol. The molecular formula is C11H20N2O2. The molecule has 1 rings (SSSR count). The van der Waals surface area contributed by atoms with Crippen molar-refractivity contribution in [3.63, 3.8) is 0 Å². The molecule has 2 amide bonds. The molecule has 15 heavy (non-hydrogen) atoms. The lowest BCUT2D eigenvalue weighted by Crippen LogP contribution is -2.62. The second-order valence-electron chi connectivity index (χ2n) is 4.50. The van der Waals surface area contributed by atoms with Gasteiger partial charge in [-0.05, 0) is 26.2 Å². The quantitative estimate of drug-likeness (QED) is 0.751. The standard InChI is InChI=1S/C11H20N2O2/c1-5-13-9(6-7(2)3)10(14)12-8(4)11(13)15/h7-9H,5-6H2,1-4H3,(H,12,14). The highest BCUT2D eigenvalue weighted by Crippen LogP contribution is 2.16. The van der Waals surface area contributed by atoms with E-state index in [0.717, 1.165) is 6.42 Å². The molecule has 1 aliphatic rings. The maximum Gasteiger partial charge on any atom is 0.245 e. The Morgan fingerprint density at radius 3 is 2.47 bits per heavy atom. The normalized spacial score (nSPS) is 27.1. The lowest BCUT2D eigenvalue weighted by Gasteiger charge is -2.38. The monoisotopic (exact) mass is 212 g/mol. The van der Waals surface area contributed by atoms with E-state index in [9.17, 15) is 9.59 Å². The number of likely N-dealkylation sites (N-methyl/N-ethyl adjacent to an activating group) is 1. The average molecular weight is 212 g/mol. The fourth-order valence-electron chi connectivity index (χ4n) is 1.97. The molecule has 0 aliphatic carbocycles. The Hall–Kier alpha value is -1.06. The summed E-state index contributed by atoms with van der Waals surface area (Å²) in [6.45, 7) is 8.37. The van der Waals surface area contributed by atoms with Crippen molar-refractivity contribution in [3.8, 4) is 0 Å². The molecule has 1 aliphatic heterocycles. The molecule has 86 valence electrons. The van der Waals surface area contributed by atoms with Crippen LogP contribution in [-0.4, -0.2) is 35.3 Å². The first-order chi connectivity index (χ1) is 6.97. The number of rotatable bonds is 3. The topological polar surface area (TPSA) is 49.4 Å². The zero-order valence-electron chi connectivity index (χ0n) is 9.91. The van der Waals surface area contributed by atoms with Crippen molar-refractivity contribution in [3.05, 3.63) is 0 Å². The summed E-state index contributed by atoms with van der Waals surface area (Å²) in [5.41, 5.74) is 0. The molecule has 1 N–H and O–H groups in total. The molecule has 4 nitrogen and oxygen atoms in total. The van der Waals surface area contributed by atoms with Crippen molar-refractivity contribution in [1.29, 1.82) is 0 Å². The van der Waals surface area contributed by atoms with Crippen molar-refractivity contribution in [2.45, 2.75) is 46.2 Å². The van der Waals surface area contributed by atoms with Crippen LogP contribution >= 0.6 is 0 Å². The maximum atomic E-state index is 11.8. The predicted molar refractivity (Wildman–Crippen MR) is 58.2 cm³/mol. The van der Waals surface area contributed by atoms with Gasteiger partial charge in [-0.25, -0.2) is 0 Å². The molecule has 0 aromatic heterocycles. The first-order valence-electron chi connectivity index (χ1n) is 5.58. The molecule has 0 spiro atoms. The highest BCUT2D eigenvalue weighted by molar-refractivity contribution is 5.96. The van der Waals surface area contributed by atoms with Crippen LogP contribution < -0.4 is 5.32 Å². The molecule has 0 aromatic rings. The molecule has 4 heteroatoms. The Labute approximate surface area is 91.0 Å². The Bertz CT molecular complexity index is 263. The van der Waals surface area contributed by atoms with E-state index in [4.69, 9.17) is 0 Å². The largest absolute Gasteiger partial charge is 0.343 e. The van der Waals surface area contributed by atoms with E-state index >= 15 is 0 Å². The summed E-state index contributed by atoms with van der Waals surface area (Å²) in [4.78, 5) is 25.2. The smallest absolute Gasteiger partial charge is 0.245 e. The Morgan fingerprint density at radius 2 is 2.00 bits per heavy atom. The van der Waals surface area contributed by atoms with Crippen LogP contribution in [0.3, 0.4) is 0 Å². The van der Waals surface area contributed by atoms with Crippen molar-refractivity contribution >= 4 is 11.8 Å². The summed E-state index contributed by atoms with van der Waals surface area (Å²) in [5.74, 6) is 0.427. The van der Waals surface area contributed by atoms with Gasteiger partial charge in [-0.1, -0.05) is 13.8 Å². The van der Waals surface area contributed by atoms with Gasteiger partial charge in [0.15, 0.2) is 0 Å². The number of amides is 2. The van der Waals surface area contributed by atoms with Crippen LogP contribution in [0, 0.1) is 5.92 Å². The van der Waals surface area contributed by atoms with Crippen LogP contribution in [0.5, 0.6) is 0 Å². The van der Waals surface area contributed by atoms with Crippen molar-refractivity contribution in [2.75, 3.05) is 6.54 Å². The van der Waals surface area contributed by atoms with Crippen molar-refractivity contribution < 1.29 is 9.59 Å². The second-order valence-corrected chi connectivity index (χ2v) is 4.50. The van der Waals surface area contributed by atoms with Gasteiger partial charge in [-0.3, -0.25) is 9.59 Å². The van der Waals surface area contributed by atoms with Gasteiger partial charge in [0.1, 0.15) is 12.1 Å². The van der Waals surface area contributed by atoms with Crippen LogP contribution in [0.25, 0.3) is 0 Å². The van der Waals surface area contributed by atoms with Gasteiger partial charge in [-0.15, -0.1) is 0 Å². The number of piperazine rings is 1. The summed E-state index contributed by atoms with van der Waals surface area (Å²) < 4.78 is 0. The van der Waals surface area contributed by atoms with Crippen LogP contribution in [0.15, 0.2) is 0 Å². The van der Waals surface area contributed by atoms with Gasteiger partial charge in [-0.2, -0.15) is 0 Å². The van der Waals surface area contributed by atoms with Crippen LogP contribution in [0.4, 0.5) is 0 Å². The van der Waals surface area contributed by atoms with E-state index in [0.29, 0.717) is 12.5 Å².